The van der Waals surface area contributed by atoms with Gasteiger partial charge < -0.3 is 15.0 Å². The van der Waals surface area contributed by atoms with Gasteiger partial charge in [-0.3, -0.25) is 14.5 Å². The van der Waals surface area contributed by atoms with Crippen LogP contribution in [0, 0.1) is 0 Å². The average molecular weight is 507 g/mol. The van der Waals surface area contributed by atoms with Gasteiger partial charge in [-0.1, -0.05) is 48.5 Å². The highest BCUT2D eigenvalue weighted by molar-refractivity contribution is 6.24. The molecule has 3 heterocycles. The lowest BCUT2D eigenvalue weighted by Crippen LogP contribution is -2.44. The van der Waals surface area contributed by atoms with E-state index >= 15 is 0 Å². The molecule has 2 aliphatic heterocycles. The van der Waals surface area contributed by atoms with E-state index in [9.17, 15) is 14.4 Å². The van der Waals surface area contributed by atoms with Crippen molar-refractivity contribution in [2.75, 3.05) is 18.6 Å². The molecule has 1 fully saturated rings. The first-order valence-corrected chi connectivity index (χ1v) is 12.4. The van der Waals surface area contributed by atoms with Gasteiger partial charge in [-0.05, 0) is 41.5 Å². The molecule has 0 radical (unpaired) electrons. The molecule has 0 spiro atoms. The SMILES string of the molecule is C=CCNC(=O)c1ccccc1N1C(=O)[C@@H]2Cc3c([nH]c4ccccc34)[C@@H](c3ccc(OC)cc3)N2C1=O. The number of H-pyrrole nitrogens is 1. The van der Waals surface area contributed by atoms with Gasteiger partial charge in [-0.15, -0.1) is 6.58 Å². The number of hydrogen-bond acceptors (Lipinski definition) is 4. The van der Waals surface area contributed by atoms with Crippen molar-refractivity contribution in [3.05, 3.63) is 108 Å². The van der Waals surface area contributed by atoms with E-state index in [1.165, 1.54) is 0 Å². The summed E-state index contributed by atoms with van der Waals surface area (Å²) in [6.45, 7) is 3.90. The predicted octanol–water partition coefficient (Wildman–Crippen LogP) is 4.58. The lowest BCUT2D eigenvalue weighted by atomic mass is 9.89. The number of urea groups is 1. The van der Waals surface area contributed by atoms with Crippen LogP contribution in [0.1, 0.15) is 33.2 Å². The number of anilines is 1. The topological polar surface area (TPSA) is 94.7 Å². The molecular formula is C30H26N4O4. The number of hydrogen-bond donors (Lipinski definition) is 2. The van der Waals surface area contributed by atoms with Gasteiger partial charge in [0.25, 0.3) is 11.8 Å². The summed E-state index contributed by atoms with van der Waals surface area (Å²) in [5.41, 5.74) is 4.22. The summed E-state index contributed by atoms with van der Waals surface area (Å²) in [5, 5.41) is 3.77. The quantitative estimate of drug-likeness (QED) is 0.296. The van der Waals surface area contributed by atoms with Crippen LogP contribution in [0.2, 0.25) is 0 Å². The van der Waals surface area contributed by atoms with Gasteiger partial charge in [0.15, 0.2) is 0 Å². The first kappa shape index (κ1) is 23.5. The summed E-state index contributed by atoms with van der Waals surface area (Å²) in [6, 6.07) is 20.5. The summed E-state index contributed by atoms with van der Waals surface area (Å²) < 4.78 is 5.34. The maximum atomic E-state index is 14.1. The van der Waals surface area contributed by atoms with Crippen LogP contribution in [0.15, 0.2) is 85.5 Å². The molecule has 3 aromatic carbocycles. The summed E-state index contributed by atoms with van der Waals surface area (Å²) in [7, 11) is 1.60. The summed E-state index contributed by atoms with van der Waals surface area (Å²) in [4.78, 5) is 47.3. The fraction of sp³-hybridized carbons (Fsp3) is 0.167. The maximum Gasteiger partial charge on any atom is 0.332 e. The Morgan fingerprint density at radius 2 is 1.82 bits per heavy atom. The highest BCUT2D eigenvalue weighted by atomic mass is 16.5. The minimum atomic E-state index is -0.717. The van der Waals surface area contributed by atoms with Crippen molar-refractivity contribution < 1.29 is 19.1 Å². The molecule has 2 atom stereocenters. The zero-order chi connectivity index (χ0) is 26.4. The number of amides is 4. The Labute approximate surface area is 219 Å². The van der Waals surface area contributed by atoms with E-state index in [0.717, 1.165) is 32.6 Å². The Hall–Kier alpha value is -4.85. The number of carbonyl (C=O) groups excluding carboxylic acids is 3. The van der Waals surface area contributed by atoms with E-state index in [4.69, 9.17) is 4.74 Å². The van der Waals surface area contributed by atoms with Crippen LogP contribution in [-0.4, -0.2) is 47.4 Å². The molecule has 4 aromatic rings. The number of rotatable bonds is 6. The van der Waals surface area contributed by atoms with E-state index in [1.54, 1.807) is 42.4 Å². The minimum Gasteiger partial charge on any atom is -0.497 e. The second-order valence-corrected chi connectivity index (χ2v) is 9.34. The van der Waals surface area contributed by atoms with E-state index < -0.39 is 18.1 Å². The molecule has 1 saturated heterocycles. The molecule has 0 bridgehead atoms. The number of nitrogens with zero attached hydrogens (tertiary/aromatic N) is 2. The number of imide groups is 1. The molecule has 8 nitrogen and oxygen atoms in total. The molecule has 8 heteroatoms. The lowest BCUT2D eigenvalue weighted by Gasteiger charge is -2.36. The molecule has 2 aliphatic rings. The standard InChI is InChI=1S/C30H26N4O4/c1-3-16-31-28(35)21-9-5-7-11-24(21)34-29(36)25-17-22-20-8-4-6-10-23(20)32-26(22)27(33(25)30(34)37)18-12-14-19(38-2)15-13-18/h3-15,25,27,32H,1,16-17H2,2H3,(H,31,35)/t25-,27+/m0/s1. The monoisotopic (exact) mass is 506 g/mol. The van der Waals surface area contributed by atoms with Crippen LogP contribution in [0.5, 0.6) is 5.75 Å². The van der Waals surface area contributed by atoms with E-state index in [-0.39, 0.29) is 29.6 Å². The van der Waals surface area contributed by atoms with E-state index in [2.05, 4.69) is 16.9 Å². The number of aromatic amines is 1. The molecule has 0 aliphatic carbocycles. The number of aromatic nitrogens is 1. The van der Waals surface area contributed by atoms with Crippen molar-refractivity contribution in [3.63, 3.8) is 0 Å². The fourth-order valence-electron chi connectivity index (χ4n) is 5.55. The van der Waals surface area contributed by atoms with Crippen LogP contribution in [0.4, 0.5) is 10.5 Å². The lowest BCUT2D eigenvalue weighted by molar-refractivity contribution is -0.120. The van der Waals surface area contributed by atoms with Crippen molar-refractivity contribution in [2.45, 2.75) is 18.5 Å². The van der Waals surface area contributed by atoms with Crippen molar-refractivity contribution in [2.24, 2.45) is 0 Å². The highest BCUT2D eigenvalue weighted by Gasteiger charge is 2.53. The van der Waals surface area contributed by atoms with Crippen LogP contribution in [0.25, 0.3) is 10.9 Å². The summed E-state index contributed by atoms with van der Waals surface area (Å²) >= 11 is 0. The summed E-state index contributed by atoms with van der Waals surface area (Å²) in [6.07, 6.45) is 1.95. The van der Waals surface area contributed by atoms with Crippen molar-refractivity contribution in [1.82, 2.24) is 15.2 Å². The van der Waals surface area contributed by atoms with Crippen LogP contribution < -0.4 is 15.0 Å². The Balaban J connectivity index is 1.49. The number of carbonyl (C=O) groups is 3. The molecule has 1 aromatic heterocycles. The smallest absolute Gasteiger partial charge is 0.332 e. The van der Waals surface area contributed by atoms with Gasteiger partial charge in [0.05, 0.1) is 18.4 Å². The second-order valence-electron chi connectivity index (χ2n) is 9.34. The van der Waals surface area contributed by atoms with Gasteiger partial charge in [-0.25, -0.2) is 9.69 Å². The van der Waals surface area contributed by atoms with E-state index in [0.29, 0.717) is 12.2 Å². The Bertz CT molecular complexity index is 1590. The normalized spacial score (nSPS) is 18.3. The van der Waals surface area contributed by atoms with Crippen molar-refractivity contribution in [1.29, 1.82) is 0 Å². The molecule has 6 rings (SSSR count). The zero-order valence-electron chi connectivity index (χ0n) is 20.8. The van der Waals surface area contributed by atoms with Crippen LogP contribution >= 0.6 is 0 Å². The molecule has 0 saturated carbocycles. The third-order valence-corrected chi connectivity index (χ3v) is 7.28. The number of methoxy groups -OCH3 is 1. The number of ether oxygens (including phenoxy) is 1. The first-order chi connectivity index (χ1) is 18.5. The minimum absolute atomic E-state index is 0.251. The number of nitrogens with one attached hydrogen (secondary N) is 2. The predicted molar refractivity (Wildman–Crippen MR) is 144 cm³/mol. The van der Waals surface area contributed by atoms with Crippen LogP contribution in [0.3, 0.4) is 0 Å². The van der Waals surface area contributed by atoms with Crippen molar-refractivity contribution >= 4 is 34.4 Å². The van der Waals surface area contributed by atoms with Crippen LogP contribution in [-0.2, 0) is 11.2 Å². The van der Waals surface area contributed by atoms with Crippen molar-refractivity contribution in [3.8, 4) is 5.75 Å². The molecule has 38 heavy (non-hydrogen) atoms. The van der Waals surface area contributed by atoms with Gasteiger partial charge in [0.1, 0.15) is 17.8 Å². The fourth-order valence-corrected chi connectivity index (χ4v) is 5.55. The van der Waals surface area contributed by atoms with Gasteiger partial charge in [-0.2, -0.15) is 0 Å². The summed E-state index contributed by atoms with van der Waals surface area (Å²) in [5.74, 6) is -0.0369. The molecule has 4 amide bonds. The molecule has 0 unspecified atom stereocenters. The van der Waals surface area contributed by atoms with Gasteiger partial charge >= 0.3 is 6.03 Å². The van der Waals surface area contributed by atoms with Gasteiger partial charge in [0, 0.05) is 29.6 Å². The largest absolute Gasteiger partial charge is 0.497 e. The molecule has 2 N–H and O–H groups in total. The average Bonchev–Trinajstić information content (AvgIpc) is 3.44. The maximum absolute atomic E-state index is 14.1. The second kappa shape index (κ2) is 9.23. The number of fused-ring (bicyclic) bond motifs is 4. The van der Waals surface area contributed by atoms with Gasteiger partial charge in [0.2, 0.25) is 0 Å². The molecular weight excluding hydrogens is 480 g/mol. The Morgan fingerprint density at radius 3 is 2.58 bits per heavy atom. The number of benzene rings is 3. The third-order valence-electron chi connectivity index (χ3n) is 7.28. The zero-order valence-corrected chi connectivity index (χ0v) is 20.8. The first-order valence-electron chi connectivity index (χ1n) is 12.4. The number of para-hydroxylation sites is 2. The Morgan fingerprint density at radius 1 is 1.08 bits per heavy atom. The Kier molecular flexibility index (Phi) is 5.72. The highest BCUT2D eigenvalue weighted by Crippen LogP contribution is 2.45. The third kappa shape index (κ3) is 3.56. The van der Waals surface area contributed by atoms with E-state index in [1.807, 2.05) is 48.5 Å². The molecule has 190 valence electrons.